The molecule has 15 heavy (non-hydrogen) atoms. The molecule has 0 aliphatic carbocycles. The van der Waals surface area contributed by atoms with Crippen molar-refractivity contribution in [1.29, 1.82) is 0 Å². The van der Waals surface area contributed by atoms with Crippen LogP contribution in [0.4, 0.5) is 0 Å². The molecule has 0 radical (unpaired) electrons. The van der Waals surface area contributed by atoms with Crippen LogP contribution in [0.1, 0.15) is 18.0 Å². The van der Waals surface area contributed by atoms with E-state index in [0.717, 1.165) is 5.56 Å². The summed E-state index contributed by atoms with van der Waals surface area (Å²) in [5, 5.41) is 2.69. The average Bonchev–Trinajstić information content (AvgIpc) is 2.27. The van der Waals surface area contributed by atoms with Crippen molar-refractivity contribution in [3.8, 4) is 0 Å². The van der Waals surface area contributed by atoms with Crippen LogP contribution < -0.4 is 16.8 Å². The number of nitrogens with one attached hydrogen (secondary N) is 1. The number of hydrogen-bond acceptors (Lipinski definition) is 3. The molecule has 5 N–H and O–H groups in total. The van der Waals surface area contributed by atoms with Crippen LogP contribution in [0.3, 0.4) is 0 Å². The molecule has 0 aliphatic rings. The van der Waals surface area contributed by atoms with Gasteiger partial charge < -0.3 is 16.8 Å². The third-order valence-corrected chi connectivity index (χ3v) is 2.10. The highest BCUT2D eigenvalue weighted by molar-refractivity contribution is 5.76. The summed E-state index contributed by atoms with van der Waals surface area (Å²) in [5.74, 6) is -0.0585. The van der Waals surface area contributed by atoms with E-state index in [1.165, 1.54) is 0 Å². The predicted molar refractivity (Wildman–Crippen MR) is 60.1 cm³/mol. The second kappa shape index (κ2) is 6.16. The van der Waals surface area contributed by atoms with E-state index in [2.05, 4.69) is 5.32 Å². The fourth-order valence-electron chi connectivity index (χ4n) is 1.30. The van der Waals surface area contributed by atoms with Crippen LogP contribution in [0.2, 0.25) is 0 Å². The molecule has 1 aromatic rings. The molecule has 4 heteroatoms. The number of carbonyl (C=O) groups excluding carboxylic acids is 1. The minimum Gasteiger partial charge on any atom is -0.355 e. The van der Waals surface area contributed by atoms with Crippen molar-refractivity contribution in [1.82, 2.24) is 5.32 Å². The smallest absolute Gasteiger partial charge is 0.221 e. The van der Waals surface area contributed by atoms with E-state index >= 15 is 0 Å². The zero-order valence-electron chi connectivity index (χ0n) is 8.65. The van der Waals surface area contributed by atoms with Gasteiger partial charge in [0, 0.05) is 25.6 Å². The summed E-state index contributed by atoms with van der Waals surface area (Å²) in [6.07, 6.45) is 0.296. The molecule has 1 atom stereocenters. The molecule has 0 bridgehead atoms. The SMILES string of the molecule is NCCNC(=O)C[C@H](N)c1ccccc1. The molecule has 1 rings (SSSR count). The number of nitrogens with two attached hydrogens (primary N) is 2. The Morgan fingerprint density at radius 3 is 2.60 bits per heavy atom. The van der Waals surface area contributed by atoms with E-state index in [-0.39, 0.29) is 11.9 Å². The number of benzene rings is 1. The van der Waals surface area contributed by atoms with Gasteiger partial charge in [-0.1, -0.05) is 30.3 Å². The fourth-order valence-corrected chi connectivity index (χ4v) is 1.30. The van der Waals surface area contributed by atoms with Gasteiger partial charge in [0.15, 0.2) is 0 Å². The third kappa shape index (κ3) is 4.10. The molecule has 0 aromatic heterocycles. The second-order valence-corrected chi connectivity index (χ2v) is 3.36. The van der Waals surface area contributed by atoms with Gasteiger partial charge in [0.2, 0.25) is 5.91 Å². The third-order valence-electron chi connectivity index (χ3n) is 2.10. The molecule has 4 nitrogen and oxygen atoms in total. The van der Waals surface area contributed by atoms with Crippen molar-refractivity contribution < 1.29 is 4.79 Å². The van der Waals surface area contributed by atoms with Gasteiger partial charge in [0.25, 0.3) is 0 Å². The molecule has 0 saturated carbocycles. The van der Waals surface area contributed by atoms with Gasteiger partial charge in [0.05, 0.1) is 0 Å². The van der Waals surface area contributed by atoms with Crippen molar-refractivity contribution in [2.24, 2.45) is 11.5 Å². The molecular formula is C11H17N3O. The van der Waals surface area contributed by atoms with E-state index in [1.807, 2.05) is 30.3 Å². The number of rotatable bonds is 5. The first-order valence-corrected chi connectivity index (χ1v) is 5.01. The minimum atomic E-state index is -0.246. The maximum atomic E-state index is 11.3. The summed E-state index contributed by atoms with van der Waals surface area (Å²) >= 11 is 0. The van der Waals surface area contributed by atoms with Gasteiger partial charge >= 0.3 is 0 Å². The van der Waals surface area contributed by atoms with Gasteiger partial charge in [-0.3, -0.25) is 4.79 Å². The summed E-state index contributed by atoms with van der Waals surface area (Å²) in [6.45, 7) is 0.951. The van der Waals surface area contributed by atoms with Crippen molar-refractivity contribution in [2.45, 2.75) is 12.5 Å². The summed E-state index contributed by atoms with van der Waals surface area (Å²) in [7, 11) is 0. The quantitative estimate of drug-likeness (QED) is 0.643. The Labute approximate surface area is 89.6 Å². The Hall–Kier alpha value is -1.39. The van der Waals surface area contributed by atoms with Crippen molar-refractivity contribution in [2.75, 3.05) is 13.1 Å². The lowest BCUT2D eigenvalue weighted by atomic mass is 10.0. The van der Waals surface area contributed by atoms with Gasteiger partial charge in [-0.25, -0.2) is 0 Å². The van der Waals surface area contributed by atoms with E-state index in [4.69, 9.17) is 11.5 Å². The molecule has 82 valence electrons. The fraction of sp³-hybridized carbons (Fsp3) is 0.364. The Morgan fingerprint density at radius 1 is 1.33 bits per heavy atom. The van der Waals surface area contributed by atoms with Crippen LogP contribution in [0.25, 0.3) is 0 Å². The van der Waals surface area contributed by atoms with Crippen molar-refractivity contribution in [3.63, 3.8) is 0 Å². The summed E-state index contributed by atoms with van der Waals surface area (Å²) in [5.41, 5.74) is 12.1. The molecule has 1 aromatic carbocycles. The molecule has 0 unspecified atom stereocenters. The second-order valence-electron chi connectivity index (χ2n) is 3.36. The van der Waals surface area contributed by atoms with Crippen molar-refractivity contribution in [3.05, 3.63) is 35.9 Å². The Morgan fingerprint density at radius 2 is 2.00 bits per heavy atom. The van der Waals surface area contributed by atoms with E-state index in [9.17, 15) is 4.79 Å². The first-order chi connectivity index (χ1) is 7.24. The average molecular weight is 207 g/mol. The summed E-state index contributed by atoms with van der Waals surface area (Å²) in [4.78, 5) is 11.3. The number of carbonyl (C=O) groups is 1. The van der Waals surface area contributed by atoms with Gasteiger partial charge in [0.1, 0.15) is 0 Å². The largest absolute Gasteiger partial charge is 0.355 e. The number of amides is 1. The van der Waals surface area contributed by atoms with Crippen molar-refractivity contribution >= 4 is 5.91 Å². The van der Waals surface area contributed by atoms with Crippen LogP contribution in [-0.4, -0.2) is 19.0 Å². The van der Waals surface area contributed by atoms with Crippen LogP contribution in [0.5, 0.6) is 0 Å². The Balaban J connectivity index is 2.42. The first-order valence-electron chi connectivity index (χ1n) is 5.01. The molecular weight excluding hydrogens is 190 g/mol. The predicted octanol–water partition coefficient (Wildman–Crippen LogP) is 0.151. The van der Waals surface area contributed by atoms with Crippen LogP contribution in [0, 0.1) is 0 Å². The maximum absolute atomic E-state index is 11.3. The summed E-state index contributed by atoms with van der Waals surface area (Å²) in [6, 6.07) is 9.33. The molecule has 0 saturated heterocycles. The van der Waals surface area contributed by atoms with Gasteiger partial charge in [-0.15, -0.1) is 0 Å². The minimum absolute atomic E-state index is 0.0585. The lowest BCUT2D eigenvalue weighted by molar-refractivity contribution is -0.121. The van der Waals surface area contributed by atoms with E-state index in [0.29, 0.717) is 19.5 Å². The Bertz CT molecular complexity index is 300. The van der Waals surface area contributed by atoms with Crippen LogP contribution in [0.15, 0.2) is 30.3 Å². The van der Waals surface area contributed by atoms with E-state index in [1.54, 1.807) is 0 Å². The monoisotopic (exact) mass is 207 g/mol. The normalized spacial score (nSPS) is 12.1. The highest BCUT2D eigenvalue weighted by Crippen LogP contribution is 2.12. The lowest BCUT2D eigenvalue weighted by Gasteiger charge is -2.11. The zero-order valence-corrected chi connectivity index (χ0v) is 8.65. The topological polar surface area (TPSA) is 81.1 Å². The standard InChI is InChI=1S/C11H17N3O/c12-6-7-14-11(15)8-10(13)9-4-2-1-3-5-9/h1-5,10H,6-8,12-13H2,(H,14,15)/t10-/m0/s1. The molecule has 1 amide bonds. The highest BCUT2D eigenvalue weighted by Gasteiger charge is 2.10. The molecule has 0 fully saturated rings. The molecule has 0 spiro atoms. The number of hydrogen-bond donors (Lipinski definition) is 3. The molecule has 0 heterocycles. The zero-order chi connectivity index (χ0) is 11.1. The molecule has 0 aliphatic heterocycles. The Kier molecular flexibility index (Phi) is 4.80. The lowest BCUT2D eigenvalue weighted by Crippen LogP contribution is -2.31. The highest BCUT2D eigenvalue weighted by atomic mass is 16.1. The first kappa shape index (κ1) is 11.7. The maximum Gasteiger partial charge on any atom is 0.221 e. The van der Waals surface area contributed by atoms with E-state index < -0.39 is 0 Å². The van der Waals surface area contributed by atoms with Gasteiger partial charge in [-0.2, -0.15) is 0 Å². The van der Waals surface area contributed by atoms with Crippen LogP contribution in [-0.2, 0) is 4.79 Å². The van der Waals surface area contributed by atoms with Crippen LogP contribution >= 0.6 is 0 Å². The van der Waals surface area contributed by atoms with Gasteiger partial charge in [-0.05, 0) is 5.56 Å². The summed E-state index contributed by atoms with van der Waals surface area (Å²) < 4.78 is 0.